The van der Waals surface area contributed by atoms with Crippen LogP contribution in [0.25, 0.3) is 16.8 Å². The molecular weight excluding hydrogens is 316 g/mol. The van der Waals surface area contributed by atoms with Crippen molar-refractivity contribution >= 4 is 28.7 Å². The molecule has 0 spiro atoms. The highest BCUT2D eigenvalue weighted by molar-refractivity contribution is 5.94. The van der Waals surface area contributed by atoms with Crippen molar-refractivity contribution in [3.63, 3.8) is 0 Å². The number of carbonyl (C=O) groups is 2. The van der Waals surface area contributed by atoms with Gasteiger partial charge in [-0.25, -0.2) is 19.1 Å². The molecule has 0 amide bonds. The molecule has 24 heavy (non-hydrogen) atoms. The Morgan fingerprint density at radius 1 is 1.12 bits per heavy atom. The van der Waals surface area contributed by atoms with Gasteiger partial charge in [0.05, 0.1) is 29.8 Å². The molecule has 124 valence electrons. The molecule has 3 aromatic rings. The van der Waals surface area contributed by atoms with Crippen LogP contribution in [0.3, 0.4) is 0 Å². The summed E-state index contributed by atoms with van der Waals surface area (Å²) >= 11 is 0. The first-order valence-corrected chi connectivity index (χ1v) is 7.32. The fourth-order valence-electron chi connectivity index (χ4n) is 2.23. The zero-order chi connectivity index (χ0) is 17.3. The third kappa shape index (κ3) is 2.60. The molecule has 0 radical (unpaired) electrons. The normalized spacial score (nSPS) is 10.9. The lowest BCUT2D eigenvalue weighted by molar-refractivity contribution is 0.0511. The van der Waals surface area contributed by atoms with Crippen LogP contribution in [-0.2, 0) is 9.47 Å². The van der Waals surface area contributed by atoms with Crippen LogP contribution in [0, 0.1) is 0 Å². The third-order valence-electron chi connectivity index (χ3n) is 3.26. The summed E-state index contributed by atoms with van der Waals surface area (Å²) in [4.78, 5) is 43.8. The van der Waals surface area contributed by atoms with Crippen LogP contribution in [0.1, 0.15) is 34.7 Å². The monoisotopic (exact) mass is 330 g/mol. The SMILES string of the molecule is CCOC(=O)c1ccc2nc3nc(C(=O)OCC)c(=O)[nH]n3c2c1. The summed E-state index contributed by atoms with van der Waals surface area (Å²) in [6.07, 6.45) is 0. The van der Waals surface area contributed by atoms with Gasteiger partial charge in [0.1, 0.15) is 0 Å². The lowest BCUT2D eigenvalue weighted by atomic mass is 10.2. The molecule has 0 atom stereocenters. The number of hydrogen-bond donors (Lipinski definition) is 1. The van der Waals surface area contributed by atoms with Crippen LogP contribution >= 0.6 is 0 Å². The molecule has 9 heteroatoms. The molecule has 0 fully saturated rings. The van der Waals surface area contributed by atoms with Crippen molar-refractivity contribution in [1.29, 1.82) is 0 Å². The molecule has 2 aromatic heterocycles. The van der Waals surface area contributed by atoms with Gasteiger partial charge in [0.25, 0.3) is 11.3 Å². The summed E-state index contributed by atoms with van der Waals surface area (Å²) in [6, 6.07) is 4.71. The first-order chi connectivity index (χ1) is 11.5. The number of H-pyrrole nitrogens is 1. The fourth-order valence-corrected chi connectivity index (χ4v) is 2.23. The lowest BCUT2D eigenvalue weighted by Gasteiger charge is -2.02. The van der Waals surface area contributed by atoms with E-state index in [1.54, 1.807) is 26.0 Å². The van der Waals surface area contributed by atoms with Crippen molar-refractivity contribution in [3.05, 3.63) is 39.8 Å². The largest absolute Gasteiger partial charge is 0.462 e. The van der Waals surface area contributed by atoms with Gasteiger partial charge in [-0.2, -0.15) is 4.98 Å². The number of rotatable bonds is 4. The molecule has 0 aliphatic carbocycles. The molecule has 0 saturated carbocycles. The van der Waals surface area contributed by atoms with Crippen LogP contribution in [0.2, 0.25) is 0 Å². The Morgan fingerprint density at radius 2 is 1.83 bits per heavy atom. The number of imidazole rings is 1. The number of nitrogens with zero attached hydrogens (tertiary/aromatic N) is 3. The predicted octanol–water partition coefficient (Wildman–Crippen LogP) is 0.924. The van der Waals surface area contributed by atoms with Gasteiger partial charge in [-0.05, 0) is 32.0 Å². The number of esters is 2. The summed E-state index contributed by atoms with van der Waals surface area (Å²) in [5.74, 6) is -1.18. The van der Waals surface area contributed by atoms with E-state index in [0.717, 1.165) is 0 Å². The first-order valence-electron chi connectivity index (χ1n) is 7.32. The van der Waals surface area contributed by atoms with Crippen molar-refractivity contribution in [2.45, 2.75) is 13.8 Å². The van der Waals surface area contributed by atoms with Crippen LogP contribution in [-0.4, -0.2) is 44.7 Å². The van der Waals surface area contributed by atoms with Gasteiger partial charge in [0, 0.05) is 0 Å². The molecular formula is C15H14N4O5. The van der Waals surface area contributed by atoms with Crippen LogP contribution in [0.5, 0.6) is 0 Å². The first kappa shape index (κ1) is 15.7. The molecule has 2 heterocycles. The molecule has 0 unspecified atom stereocenters. The number of aromatic amines is 1. The second kappa shape index (κ2) is 6.11. The molecule has 0 aliphatic rings. The molecule has 0 bridgehead atoms. The van der Waals surface area contributed by atoms with Gasteiger partial charge < -0.3 is 9.47 Å². The van der Waals surface area contributed by atoms with Gasteiger partial charge >= 0.3 is 11.9 Å². The van der Waals surface area contributed by atoms with Crippen LogP contribution < -0.4 is 5.56 Å². The Labute approximate surface area is 135 Å². The minimum absolute atomic E-state index is 0.119. The summed E-state index contributed by atoms with van der Waals surface area (Å²) in [5, 5.41) is 2.50. The number of hydrogen-bond acceptors (Lipinski definition) is 7. The van der Waals surface area contributed by atoms with Crippen molar-refractivity contribution in [3.8, 4) is 0 Å². The Morgan fingerprint density at radius 3 is 2.54 bits per heavy atom. The third-order valence-corrected chi connectivity index (χ3v) is 3.26. The number of nitrogens with one attached hydrogen (secondary N) is 1. The van der Waals surface area contributed by atoms with Gasteiger partial charge in [-0.3, -0.25) is 9.89 Å². The highest BCUT2D eigenvalue weighted by atomic mass is 16.5. The average molecular weight is 330 g/mol. The Hall–Kier alpha value is -3.23. The molecule has 3 rings (SSSR count). The van der Waals surface area contributed by atoms with E-state index in [4.69, 9.17) is 9.47 Å². The Kier molecular flexibility index (Phi) is 3.98. The quantitative estimate of drug-likeness (QED) is 0.707. The van der Waals surface area contributed by atoms with E-state index in [9.17, 15) is 14.4 Å². The maximum Gasteiger partial charge on any atom is 0.362 e. The Balaban J connectivity index is 2.17. The minimum atomic E-state index is -0.819. The van der Waals surface area contributed by atoms with Crippen molar-refractivity contribution in [2.75, 3.05) is 13.2 Å². The maximum atomic E-state index is 12.1. The smallest absolute Gasteiger partial charge is 0.362 e. The van der Waals surface area contributed by atoms with Crippen molar-refractivity contribution < 1.29 is 19.1 Å². The van der Waals surface area contributed by atoms with E-state index < -0.39 is 17.5 Å². The van der Waals surface area contributed by atoms with Crippen LogP contribution in [0.15, 0.2) is 23.0 Å². The Bertz CT molecular complexity index is 1000. The van der Waals surface area contributed by atoms with Crippen molar-refractivity contribution in [1.82, 2.24) is 19.6 Å². The van der Waals surface area contributed by atoms with Gasteiger partial charge in [0.2, 0.25) is 5.69 Å². The molecule has 0 aliphatic heterocycles. The zero-order valence-electron chi connectivity index (χ0n) is 13.0. The lowest BCUT2D eigenvalue weighted by Crippen LogP contribution is -2.24. The molecule has 9 nitrogen and oxygen atoms in total. The second-order valence-corrected chi connectivity index (χ2v) is 4.79. The highest BCUT2D eigenvalue weighted by Gasteiger charge is 2.18. The van der Waals surface area contributed by atoms with Crippen molar-refractivity contribution in [2.24, 2.45) is 0 Å². The molecule has 1 N–H and O–H groups in total. The van der Waals surface area contributed by atoms with E-state index in [-0.39, 0.29) is 24.7 Å². The highest BCUT2D eigenvalue weighted by Crippen LogP contribution is 2.16. The van der Waals surface area contributed by atoms with Gasteiger partial charge in [0.15, 0.2) is 0 Å². The number of ether oxygens (including phenoxy) is 2. The number of carbonyl (C=O) groups excluding carboxylic acids is 2. The van der Waals surface area contributed by atoms with E-state index in [1.165, 1.54) is 10.6 Å². The number of fused-ring (bicyclic) bond motifs is 3. The molecule has 1 aromatic carbocycles. The minimum Gasteiger partial charge on any atom is -0.462 e. The summed E-state index contributed by atoms with van der Waals surface area (Å²) in [7, 11) is 0. The average Bonchev–Trinajstić information content (AvgIpc) is 2.91. The summed E-state index contributed by atoms with van der Waals surface area (Å²) < 4.78 is 11.0. The number of benzene rings is 1. The molecule has 0 saturated heterocycles. The summed E-state index contributed by atoms with van der Waals surface area (Å²) in [6.45, 7) is 3.73. The maximum absolute atomic E-state index is 12.1. The zero-order valence-corrected chi connectivity index (χ0v) is 13.0. The number of aromatic nitrogens is 4. The van der Waals surface area contributed by atoms with E-state index in [0.29, 0.717) is 16.6 Å². The fraction of sp³-hybridized carbons (Fsp3) is 0.267. The van der Waals surface area contributed by atoms with E-state index >= 15 is 0 Å². The topological polar surface area (TPSA) is 116 Å². The predicted molar refractivity (Wildman–Crippen MR) is 83.0 cm³/mol. The van der Waals surface area contributed by atoms with E-state index in [2.05, 4.69) is 15.1 Å². The van der Waals surface area contributed by atoms with Gasteiger partial charge in [-0.15, -0.1) is 0 Å². The summed E-state index contributed by atoms with van der Waals surface area (Å²) in [5.41, 5.74) is 0.219. The standard InChI is InChI=1S/C15H14N4O5/c1-3-23-13(21)8-5-6-9-10(7-8)19-15(16-9)17-11(12(20)18-19)14(22)24-4-2/h5-7H,3-4H2,1-2H3,(H,18,20). The van der Waals surface area contributed by atoms with E-state index in [1.807, 2.05) is 0 Å². The van der Waals surface area contributed by atoms with Crippen LogP contribution in [0.4, 0.5) is 0 Å². The van der Waals surface area contributed by atoms with Gasteiger partial charge in [-0.1, -0.05) is 0 Å². The second-order valence-electron chi connectivity index (χ2n) is 4.79.